The Morgan fingerprint density at radius 1 is 1.64 bits per heavy atom. The number of carbonyl (C=O) groups is 1. The van der Waals surface area contributed by atoms with Gasteiger partial charge in [-0.15, -0.1) is 0 Å². The molecule has 78 valence electrons. The van der Waals surface area contributed by atoms with Gasteiger partial charge in [0.2, 0.25) is 5.89 Å². The number of hydrogen-bond acceptors (Lipinski definition) is 5. The summed E-state index contributed by atoms with van der Waals surface area (Å²) in [4.78, 5) is 14.2. The molecule has 6 nitrogen and oxygen atoms in total. The molecule has 0 aliphatic heterocycles. The fraction of sp³-hybridized carbons (Fsp3) is 0.625. The monoisotopic (exact) mass is 199 g/mol. The topological polar surface area (TPSA) is 88.2 Å². The Hall–Kier alpha value is -1.43. The van der Waals surface area contributed by atoms with E-state index in [0.29, 0.717) is 18.3 Å². The average molecular weight is 199 g/mol. The quantitative estimate of drug-likeness (QED) is 0.680. The second kappa shape index (κ2) is 5.33. The molecule has 0 atom stereocenters. The van der Waals surface area contributed by atoms with Crippen LogP contribution in [0, 0.1) is 0 Å². The van der Waals surface area contributed by atoms with E-state index in [4.69, 9.17) is 9.63 Å². The van der Waals surface area contributed by atoms with Gasteiger partial charge in [0.15, 0.2) is 5.82 Å². The first-order valence-corrected chi connectivity index (χ1v) is 4.46. The molecule has 1 heterocycles. The first-order valence-electron chi connectivity index (χ1n) is 4.46. The number of hydrogen-bond donors (Lipinski definition) is 2. The Kier molecular flexibility index (Phi) is 4.06. The van der Waals surface area contributed by atoms with E-state index in [1.165, 1.54) is 0 Å². The highest BCUT2D eigenvalue weighted by Gasteiger charge is 2.05. The molecule has 0 bridgehead atoms. The number of nitrogens with one attached hydrogen (secondary N) is 1. The molecule has 0 saturated carbocycles. The van der Waals surface area contributed by atoms with Crippen LogP contribution in [0.2, 0.25) is 0 Å². The normalized spacial score (nSPS) is 10.4. The maximum Gasteiger partial charge on any atom is 0.317 e. The van der Waals surface area contributed by atoms with Gasteiger partial charge in [-0.25, -0.2) is 0 Å². The lowest BCUT2D eigenvalue weighted by atomic mass is 10.3. The van der Waals surface area contributed by atoms with Gasteiger partial charge in [-0.1, -0.05) is 12.1 Å². The third-order valence-corrected chi connectivity index (χ3v) is 1.53. The Balaban J connectivity index is 2.32. The van der Waals surface area contributed by atoms with E-state index >= 15 is 0 Å². The van der Waals surface area contributed by atoms with Crippen molar-refractivity contribution in [2.75, 3.05) is 6.54 Å². The van der Waals surface area contributed by atoms with Crippen LogP contribution in [0.15, 0.2) is 4.52 Å². The van der Waals surface area contributed by atoms with Crippen LogP contribution in [-0.2, 0) is 17.8 Å². The van der Waals surface area contributed by atoms with Gasteiger partial charge in [0, 0.05) is 6.42 Å². The van der Waals surface area contributed by atoms with Crippen molar-refractivity contribution in [3.05, 3.63) is 11.7 Å². The van der Waals surface area contributed by atoms with Gasteiger partial charge < -0.3 is 9.63 Å². The van der Waals surface area contributed by atoms with Crippen molar-refractivity contribution in [3.8, 4) is 0 Å². The molecule has 14 heavy (non-hydrogen) atoms. The minimum atomic E-state index is -0.901. The van der Waals surface area contributed by atoms with E-state index < -0.39 is 5.97 Å². The van der Waals surface area contributed by atoms with Crippen LogP contribution < -0.4 is 5.32 Å². The molecule has 0 saturated heterocycles. The van der Waals surface area contributed by atoms with Crippen LogP contribution in [-0.4, -0.2) is 27.8 Å². The van der Waals surface area contributed by atoms with E-state index in [2.05, 4.69) is 15.5 Å². The predicted octanol–water partition coefficient (Wildman–Crippen LogP) is 0.196. The molecule has 0 aliphatic carbocycles. The highest BCUT2D eigenvalue weighted by molar-refractivity contribution is 5.68. The molecule has 1 aromatic rings. The summed E-state index contributed by atoms with van der Waals surface area (Å²) in [5, 5.41) is 14.7. The molecule has 0 amide bonds. The summed E-state index contributed by atoms with van der Waals surface area (Å²) >= 11 is 0. The van der Waals surface area contributed by atoms with Crippen molar-refractivity contribution in [1.29, 1.82) is 0 Å². The largest absolute Gasteiger partial charge is 0.480 e. The fourth-order valence-electron chi connectivity index (χ4n) is 0.959. The van der Waals surface area contributed by atoms with Crippen molar-refractivity contribution in [1.82, 2.24) is 15.5 Å². The van der Waals surface area contributed by atoms with E-state index in [9.17, 15) is 4.79 Å². The Morgan fingerprint density at radius 2 is 2.43 bits per heavy atom. The SMILES string of the molecule is CCCc1nc(CNCC(=O)O)no1. The molecule has 0 unspecified atom stereocenters. The summed E-state index contributed by atoms with van der Waals surface area (Å²) in [6, 6.07) is 0. The van der Waals surface area contributed by atoms with Gasteiger partial charge in [-0.3, -0.25) is 10.1 Å². The van der Waals surface area contributed by atoms with Crippen LogP contribution in [0.5, 0.6) is 0 Å². The maximum absolute atomic E-state index is 10.2. The average Bonchev–Trinajstić information content (AvgIpc) is 2.53. The summed E-state index contributed by atoms with van der Waals surface area (Å²) in [5.41, 5.74) is 0. The molecule has 6 heteroatoms. The molecule has 1 rings (SSSR count). The zero-order valence-electron chi connectivity index (χ0n) is 7.99. The molecule has 0 aromatic carbocycles. The minimum Gasteiger partial charge on any atom is -0.480 e. The molecule has 0 radical (unpaired) electrons. The predicted molar refractivity (Wildman–Crippen MR) is 47.6 cm³/mol. The second-order valence-corrected chi connectivity index (χ2v) is 2.85. The fourth-order valence-corrected chi connectivity index (χ4v) is 0.959. The first-order chi connectivity index (χ1) is 6.72. The van der Waals surface area contributed by atoms with Gasteiger partial charge in [0.25, 0.3) is 0 Å². The van der Waals surface area contributed by atoms with E-state index in [-0.39, 0.29) is 6.54 Å². The van der Waals surface area contributed by atoms with Gasteiger partial charge in [0.05, 0.1) is 13.1 Å². The molecule has 0 fully saturated rings. The lowest BCUT2D eigenvalue weighted by Gasteiger charge is -1.94. The standard InChI is InChI=1S/C8H13N3O3/c1-2-3-7-10-6(11-14-7)4-9-5-8(12)13/h9H,2-5H2,1H3,(H,12,13). The van der Waals surface area contributed by atoms with E-state index in [1.54, 1.807) is 0 Å². The number of carboxylic acids is 1. The Bertz CT molecular complexity index is 298. The van der Waals surface area contributed by atoms with Gasteiger partial charge in [0.1, 0.15) is 0 Å². The second-order valence-electron chi connectivity index (χ2n) is 2.85. The Morgan fingerprint density at radius 3 is 3.07 bits per heavy atom. The first kappa shape index (κ1) is 10.6. The molecular weight excluding hydrogens is 186 g/mol. The van der Waals surface area contributed by atoms with Crippen molar-refractivity contribution in [3.63, 3.8) is 0 Å². The van der Waals surface area contributed by atoms with Crippen LogP contribution in [0.25, 0.3) is 0 Å². The van der Waals surface area contributed by atoms with Crippen LogP contribution in [0.4, 0.5) is 0 Å². The summed E-state index contributed by atoms with van der Waals surface area (Å²) in [7, 11) is 0. The van der Waals surface area contributed by atoms with Crippen molar-refractivity contribution >= 4 is 5.97 Å². The molecule has 1 aromatic heterocycles. The minimum absolute atomic E-state index is 0.0996. The smallest absolute Gasteiger partial charge is 0.317 e. The number of rotatable bonds is 6. The number of nitrogens with zero attached hydrogens (tertiary/aromatic N) is 2. The van der Waals surface area contributed by atoms with Crippen LogP contribution in [0.1, 0.15) is 25.1 Å². The zero-order chi connectivity index (χ0) is 10.4. The maximum atomic E-state index is 10.2. The van der Waals surface area contributed by atoms with E-state index in [1.807, 2.05) is 6.92 Å². The summed E-state index contributed by atoms with van der Waals surface area (Å²) < 4.78 is 4.91. The van der Waals surface area contributed by atoms with Crippen molar-refractivity contribution in [2.45, 2.75) is 26.3 Å². The lowest BCUT2D eigenvalue weighted by molar-refractivity contribution is -0.136. The van der Waals surface area contributed by atoms with Crippen molar-refractivity contribution < 1.29 is 14.4 Å². The van der Waals surface area contributed by atoms with Crippen LogP contribution >= 0.6 is 0 Å². The van der Waals surface area contributed by atoms with Gasteiger partial charge in [-0.05, 0) is 6.42 Å². The van der Waals surface area contributed by atoms with Gasteiger partial charge in [-0.2, -0.15) is 4.98 Å². The highest BCUT2D eigenvalue weighted by atomic mass is 16.5. The number of aromatic nitrogens is 2. The molecular formula is C8H13N3O3. The summed E-state index contributed by atoms with van der Waals surface area (Å²) in [6.45, 7) is 2.24. The van der Waals surface area contributed by atoms with Crippen LogP contribution in [0.3, 0.4) is 0 Å². The molecule has 0 aliphatic rings. The summed E-state index contributed by atoms with van der Waals surface area (Å²) in [5.74, 6) is 0.191. The molecule has 0 spiro atoms. The summed E-state index contributed by atoms with van der Waals surface area (Å²) in [6.07, 6.45) is 1.70. The third kappa shape index (κ3) is 3.53. The Labute approximate surface area is 81.3 Å². The van der Waals surface area contributed by atoms with Crippen molar-refractivity contribution in [2.24, 2.45) is 0 Å². The number of aryl methyl sites for hydroxylation is 1. The lowest BCUT2D eigenvalue weighted by Crippen LogP contribution is -2.22. The highest BCUT2D eigenvalue weighted by Crippen LogP contribution is 1.99. The molecule has 2 N–H and O–H groups in total. The third-order valence-electron chi connectivity index (χ3n) is 1.53. The number of carboxylic acid groups (broad SMARTS) is 1. The van der Waals surface area contributed by atoms with E-state index in [0.717, 1.165) is 12.8 Å². The zero-order valence-corrected chi connectivity index (χ0v) is 7.99. The number of aliphatic carboxylic acids is 1. The van der Waals surface area contributed by atoms with Gasteiger partial charge >= 0.3 is 5.97 Å².